The van der Waals surface area contributed by atoms with Crippen molar-refractivity contribution in [3.05, 3.63) is 40.6 Å². The Kier molecular flexibility index (Phi) is 3.12. The summed E-state index contributed by atoms with van der Waals surface area (Å²) in [5.41, 5.74) is 5.40. The lowest BCUT2D eigenvalue weighted by molar-refractivity contribution is 0.460. The van der Waals surface area contributed by atoms with Crippen molar-refractivity contribution in [2.45, 2.75) is 0 Å². The third-order valence-corrected chi connectivity index (χ3v) is 2.14. The van der Waals surface area contributed by atoms with Crippen LogP contribution in [0.5, 0.6) is 11.6 Å². The lowest BCUT2D eigenvalue weighted by Gasteiger charge is -2.05. The smallest absolute Gasteiger partial charge is 0.237 e. The van der Waals surface area contributed by atoms with Crippen molar-refractivity contribution in [2.75, 3.05) is 5.73 Å². The van der Waals surface area contributed by atoms with E-state index in [0.29, 0.717) is 27.5 Å². The van der Waals surface area contributed by atoms with Gasteiger partial charge in [0, 0.05) is 10.0 Å². The number of nitrogens with two attached hydrogens (primary N) is 1. The van der Waals surface area contributed by atoms with Gasteiger partial charge in [0.25, 0.3) is 0 Å². The van der Waals surface area contributed by atoms with E-state index in [0.717, 1.165) is 0 Å². The molecule has 0 aliphatic rings. The molecule has 0 radical (unpaired) electrons. The second-order valence-corrected chi connectivity index (χ2v) is 3.86. The second-order valence-electron chi connectivity index (χ2n) is 2.99. The molecule has 1 heterocycles. The third-order valence-electron chi connectivity index (χ3n) is 1.71. The maximum Gasteiger partial charge on any atom is 0.237 e. The highest BCUT2D eigenvalue weighted by atomic mass is 35.5. The maximum atomic E-state index is 5.82. The molecule has 1 aromatic carbocycles. The molecule has 0 spiro atoms. The van der Waals surface area contributed by atoms with E-state index in [1.165, 1.54) is 12.4 Å². The van der Waals surface area contributed by atoms with Crippen molar-refractivity contribution in [2.24, 2.45) is 0 Å². The number of nitrogens with zero attached hydrogens (tertiary/aromatic N) is 2. The first-order valence-electron chi connectivity index (χ1n) is 4.35. The normalized spacial score (nSPS) is 10.1. The number of nitrogen functional groups attached to an aromatic ring is 1. The van der Waals surface area contributed by atoms with Gasteiger partial charge in [0.15, 0.2) is 0 Å². The van der Waals surface area contributed by atoms with Crippen molar-refractivity contribution in [1.82, 2.24) is 9.97 Å². The fourth-order valence-electron chi connectivity index (χ4n) is 1.09. The van der Waals surface area contributed by atoms with Crippen LogP contribution in [0, 0.1) is 0 Å². The van der Waals surface area contributed by atoms with E-state index in [1.54, 1.807) is 18.2 Å². The average Bonchev–Trinajstić information content (AvgIpc) is 2.20. The molecule has 0 amide bonds. The summed E-state index contributed by atoms with van der Waals surface area (Å²) in [5.74, 6) is 1.15. The average molecular weight is 256 g/mol. The Labute approximate surface area is 102 Å². The maximum absolute atomic E-state index is 5.82. The molecule has 0 saturated heterocycles. The highest BCUT2D eigenvalue weighted by Crippen LogP contribution is 2.27. The summed E-state index contributed by atoms with van der Waals surface area (Å²) in [4.78, 5) is 7.78. The number of ether oxygens (including phenoxy) is 1. The van der Waals surface area contributed by atoms with Crippen LogP contribution in [0.1, 0.15) is 0 Å². The zero-order valence-corrected chi connectivity index (χ0v) is 9.53. The second kappa shape index (κ2) is 4.55. The van der Waals surface area contributed by atoms with E-state index in [1.807, 2.05) is 0 Å². The molecule has 0 bridgehead atoms. The van der Waals surface area contributed by atoms with Crippen molar-refractivity contribution in [1.29, 1.82) is 0 Å². The Morgan fingerprint density at radius 3 is 2.25 bits per heavy atom. The quantitative estimate of drug-likeness (QED) is 0.896. The van der Waals surface area contributed by atoms with E-state index in [-0.39, 0.29) is 0 Å². The lowest BCUT2D eigenvalue weighted by Crippen LogP contribution is -1.93. The molecule has 0 unspecified atom stereocenters. The Hall–Kier alpha value is -1.52. The SMILES string of the molecule is Nc1cnc(Oc2cc(Cl)cc(Cl)c2)cn1. The van der Waals surface area contributed by atoms with Crippen LogP contribution in [-0.2, 0) is 0 Å². The van der Waals surface area contributed by atoms with Gasteiger partial charge < -0.3 is 10.5 Å². The van der Waals surface area contributed by atoms with Crippen molar-refractivity contribution >= 4 is 29.0 Å². The van der Waals surface area contributed by atoms with E-state index in [2.05, 4.69) is 9.97 Å². The fourth-order valence-corrected chi connectivity index (χ4v) is 1.59. The van der Waals surface area contributed by atoms with Gasteiger partial charge in [-0.25, -0.2) is 9.97 Å². The van der Waals surface area contributed by atoms with Crippen LogP contribution in [0.4, 0.5) is 5.82 Å². The molecule has 0 fully saturated rings. The lowest BCUT2D eigenvalue weighted by atomic mass is 10.3. The summed E-state index contributed by atoms with van der Waals surface area (Å²) < 4.78 is 5.40. The van der Waals surface area contributed by atoms with Gasteiger partial charge in [0.2, 0.25) is 5.88 Å². The topological polar surface area (TPSA) is 61.0 Å². The number of hydrogen-bond acceptors (Lipinski definition) is 4. The molecule has 2 rings (SSSR count). The van der Waals surface area contributed by atoms with E-state index < -0.39 is 0 Å². The monoisotopic (exact) mass is 255 g/mol. The standard InChI is InChI=1S/C10H7Cl2N3O/c11-6-1-7(12)3-8(2-6)16-10-5-14-9(13)4-15-10/h1-5H,(H2,13,14). The van der Waals surface area contributed by atoms with Gasteiger partial charge in [0.1, 0.15) is 11.6 Å². The van der Waals surface area contributed by atoms with Crippen LogP contribution < -0.4 is 10.5 Å². The Bertz CT molecular complexity index is 482. The first kappa shape index (κ1) is 11.0. The van der Waals surface area contributed by atoms with Crippen LogP contribution in [0.15, 0.2) is 30.6 Å². The van der Waals surface area contributed by atoms with Crippen LogP contribution in [0.3, 0.4) is 0 Å². The minimum Gasteiger partial charge on any atom is -0.437 e. The molecule has 0 aliphatic carbocycles. The van der Waals surface area contributed by atoms with E-state index >= 15 is 0 Å². The minimum absolute atomic E-state index is 0.326. The number of aromatic nitrogens is 2. The number of rotatable bonds is 2. The van der Waals surface area contributed by atoms with Crippen LogP contribution in [-0.4, -0.2) is 9.97 Å². The molecule has 16 heavy (non-hydrogen) atoms. The number of benzene rings is 1. The van der Waals surface area contributed by atoms with Crippen molar-refractivity contribution < 1.29 is 4.74 Å². The fraction of sp³-hybridized carbons (Fsp3) is 0. The number of hydrogen-bond donors (Lipinski definition) is 1. The molecule has 2 aromatic rings. The Balaban J connectivity index is 2.23. The zero-order chi connectivity index (χ0) is 11.5. The van der Waals surface area contributed by atoms with E-state index in [4.69, 9.17) is 33.7 Å². The zero-order valence-electron chi connectivity index (χ0n) is 8.02. The van der Waals surface area contributed by atoms with E-state index in [9.17, 15) is 0 Å². The summed E-state index contributed by atoms with van der Waals surface area (Å²) in [6.07, 6.45) is 2.83. The van der Waals surface area contributed by atoms with Crippen LogP contribution in [0.25, 0.3) is 0 Å². The predicted octanol–water partition coefficient (Wildman–Crippen LogP) is 3.16. The molecular weight excluding hydrogens is 249 g/mol. The molecule has 0 aliphatic heterocycles. The summed E-state index contributed by atoms with van der Waals surface area (Å²) in [6.45, 7) is 0. The minimum atomic E-state index is 0.326. The molecule has 6 heteroatoms. The number of halogens is 2. The van der Waals surface area contributed by atoms with Crippen LogP contribution in [0.2, 0.25) is 10.0 Å². The van der Waals surface area contributed by atoms with Gasteiger partial charge in [-0.05, 0) is 18.2 Å². The molecule has 82 valence electrons. The predicted molar refractivity (Wildman–Crippen MR) is 63.0 cm³/mol. The first-order chi connectivity index (χ1) is 7.63. The third kappa shape index (κ3) is 2.74. The Morgan fingerprint density at radius 1 is 1.00 bits per heavy atom. The Morgan fingerprint density at radius 2 is 1.69 bits per heavy atom. The van der Waals surface area contributed by atoms with Crippen molar-refractivity contribution in [3.8, 4) is 11.6 Å². The highest BCUT2D eigenvalue weighted by Gasteiger charge is 2.02. The molecule has 0 saturated carbocycles. The van der Waals surface area contributed by atoms with Gasteiger partial charge in [-0.3, -0.25) is 0 Å². The molecular formula is C10H7Cl2N3O. The molecule has 0 atom stereocenters. The number of anilines is 1. The summed E-state index contributed by atoms with van der Waals surface area (Å²) in [5, 5.41) is 0.983. The molecule has 4 nitrogen and oxygen atoms in total. The van der Waals surface area contributed by atoms with Gasteiger partial charge in [0.05, 0.1) is 12.4 Å². The molecule has 1 aromatic heterocycles. The summed E-state index contributed by atoms with van der Waals surface area (Å²) in [7, 11) is 0. The summed E-state index contributed by atoms with van der Waals surface area (Å²) >= 11 is 11.6. The van der Waals surface area contributed by atoms with Crippen molar-refractivity contribution in [3.63, 3.8) is 0 Å². The van der Waals surface area contributed by atoms with Gasteiger partial charge >= 0.3 is 0 Å². The van der Waals surface area contributed by atoms with Crippen LogP contribution >= 0.6 is 23.2 Å². The van der Waals surface area contributed by atoms with Gasteiger partial charge in [-0.15, -0.1) is 0 Å². The first-order valence-corrected chi connectivity index (χ1v) is 5.10. The largest absolute Gasteiger partial charge is 0.437 e. The van der Waals surface area contributed by atoms with Gasteiger partial charge in [-0.2, -0.15) is 0 Å². The highest BCUT2D eigenvalue weighted by molar-refractivity contribution is 6.34. The van der Waals surface area contributed by atoms with Gasteiger partial charge in [-0.1, -0.05) is 23.2 Å². The molecule has 2 N–H and O–H groups in total. The summed E-state index contributed by atoms with van der Waals surface area (Å²) in [6, 6.07) is 4.88.